The highest BCUT2D eigenvalue weighted by Crippen LogP contribution is 2.18. The largest absolute Gasteiger partial charge is 0.370 e. The van der Waals surface area contributed by atoms with Crippen molar-refractivity contribution in [1.82, 2.24) is 0 Å². The molecule has 6 heteroatoms. The monoisotopic (exact) mass is 182 g/mol. The van der Waals surface area contributed by atoms with E-state index in [4.69, 9.17) is 15.3 Å². The molecule has 0 saturated heterocycles. The Balaban J connectivity index is 4.06. The third-order valence-electron chi connectivity index (χ3n) is 1.29. The van der Waals surface area contributed by atoms with Crippen molar-refractivity contribution in [2.45, 2.75) is 19.3 Å². The third-order valence-corrected chi connectivity index (χ3v) is 1.29. The average Bonchev–Trinajstić information content (AvgIpc) is 2.06. The second-order valence-electron chi connectivity index (χ2n) is 1.86. The standard InChI is InChI=1S/C6H14O6/c1-2-6(10-3-7,11-4-8)12-5-9/h7-9H,2-5H2,1H3. The third kappa shape index (κ3) is 3.44. The molecule has 0 spiro atoms. The van der Waals surface area contributed by atoms with Crippen LogP contribution in [-0.2, 0) is 14.2 Å². The van der Waals surface area contributed by atoms with E-state index >= 15 is 0 Å². The van der Waals surface area contributed by atoms with E-state index in [1.165, 1.54) is 0 Å². The van der Waals surface area contributed by atoms with Crippen LogP contribution in [0.25, 0.3) is 0 Å². The lowest BCUT2D eigenvalue weighted by atomic mass is 10.4. The van der Waals surface area contributed by atoms with Crippen molar-refractivity contribution >= 4 is 0 Å². The average molecular weight is 182 g/mol. The minimum Gasteiger partial charge on any atom is -0.370 e. The van der Waals surface area contributed by atoms with Crippen molar-refractivity contribution < 1.29 is 29.5 Å². The summed E-state index contributed by atoms with van der Waals surface area (Å²) in [7, 11) is 0. The highest BCUT2D eigenvalue weighted by Gasteiger charge is 2.31. The van der Waals surface area contributed by atoms with Crippen LogP contribution in [-0.4, -0.2) is 41.7 Å². The predicted molar refractivity (Wildman–Crippen MR) is 37.5 cm³/mol. The number of aliphatic hydroxyl groups is 3. The first-order chi connectivity index (χ1) is 5.74. The number of ether oxygens (including phenoxy) is 3. The van der Waals surface area contributed by atoms with Gasteiger partial charge in [0, 0.05) is 6.42 Å². The van der Waals surface area contributed by atoms with Crippen LogP contribution in [0.5, 0.6) is 0 Å². The Bertz CT molecular complexity index is 89.2. The molecule has 0 unspecified atom stereocenters. The maximum absolute atomic E-state index is 8.44. The molecule has 0 aromatic rings. The molecule has 0 aromatic heterocycles. The van der Waals surface area contributed by atoms with Crippen molar-refractivity contribution in [3.63, 3.8) is 0 Å². The Kier molecular flexibility index (Phi) is 6.17. The zero-order valence-electron chi connectivity index (χ0n) is 6.89. The Labute approximate surface area is 70.3 Å². The van der Waals surface area contributed by atoms with Gasteiger partial charge >= 0.3 is 0 Å². The normalized spacial score (nSPS) is 12.0. The molecule has 0 rings (SSSR count). The lowest BCUT2D eigenvalue weighted by Gasteiger charge is -2.29. The van der Waals surface area contributed by atoms with Gasteiger partial charge in [0.05, 0.1) is 0 Å². The number of aliphatic hydroxyl groups excluding tert-OH is 3. The highest BCUT2D eigenvalue weighted by molar-refractivity contribution is 4.50. The summed E-state index contributed by atoms with van der Waals surface area (Å²) in [4.78, 5) is 0. The second kappa shape index (κ2) is 6.30. The van der Waals surface area contributed by atoms with Crippen molar-refractivity contribution in [3.8, 4) is 0 Å². The molecule has 0 atom stereocenters. The molecule has 0 radical (unpaired) electrons. The second-order valence-corrected chi connectivity index (χ2v) is 1.86. The highest BCUT2D eigenvalue weighted by atomic mass is 16.9. The van der Waals surface area contributed by atoms with E-state index < -0.39 is 26.4 Å². The van der Waals surface area contributed by atoms with E-state index in [-0.39, 0.29) is 6.42 Å². The maximum atomic E-state index is 8.44. The van der Waals surface area contributed by atoms with E-state index in [0.29, 0.717) is 0 Å². The zero-order chi connectivity index (χ0) is 9.45. The van der Waals surface area contributed by atoms with Crippen LogP contribution in [0.3, 0.4) is 0 Å². The fourth-order valence-electron chi connectivity index (χ4n) is 0.726. The fourth-order valence-corrected chi connectivity index (χ4v) is 0.726. The van der Waals surface area contributed by atoms with Gasteiger partial charge in [0.15, 0.2) is 0 Å². The molecule has 12 heavy (non-hydrogen) atoms. The Morgan fingerprint density at radius 2 is 1.25 bits per heavy atom. The van der Waals surface area contributed by atoms with Gasteiger partial charge in [0.1, 0.15) is 20.4 Å². The summed E-state index contributed by atoms with van der Waals surface area (Å²) in [6.07, 6.45) is 0.231. The van der Waals surface area contributed by atoms with Gasteiger partial charge in [-0.3, -0.25) is 0 Å². The Morgan fingerprint density at radius 1 is 0.917 bits per heavy atom. The van der Waals surface area contributed by atoms with Crippen LogP contribution in [0, 0.1) is 0 Å². The molecule has 74 valence electrons. The number of rotatable bonds is 7. The van der Waals surface area contributed by atoms with Gasteiger partial charge in [-0.1, -0.05) is 6.92 Å². The Morgan fingerprint density at radius 3 is 1.42 bits per heavy atom. The number of hydrogen-bond acceptors (Lipinski definition) is 6. The first kappa shape index (κ1) is 11.8. The topological polar surface area (TPSA) is 88.4 Å². The van der Waals surface area contributed by atoms with E-state index in [2.05, 4.69) is 14.2 Å². The van der Waals surface area contributed by atoms with Crippen molar-refractivity contribution in [1.29, 1.82) is 0 Å². The lowest BCUT2D eigenvalue weighted by molar-refractivity contribution is -0.420. The lowest BCUT2D eigenvalue weighted by Crippen LogP contribution is -2.39. The molecule has 0 amide bonds. The summed E-state index contributed by atoms with van der Waals surface area (Å²) in [5.41, 5.74) is 0. The van der Waals surface area contributed by atoms with Crippen LogP contribution in [0.4, 0.5) is 0 Å². The predicted octanol–water partition coefficient (Wildman–Crippen LogP) is -1.05. The molecule has 6 nitrogen and oxygen atoms in total. The van der Waals surface area contributed by atoms with Gasteiger partial charge in [0.25, 0.3) is 5.97 Å². The summed E-state index contributed by atoms with van der Waals surface area (Å²) in [5.74, 6) is -1.56. The molecule has 0 aliphatic carbocycles. The summed E-state index contributed by atoms with van der Waals surface area (Å²) in [6, 6.07) is 0. The molecule has 0 aromatic carbocycles. The quantitative estimate of drug-likeness (QED) is 0.435. The Hall–Kier alpha value is -0.240. The van der Waals surface area contributed by atoms with Crippen molar-refractivity contribution in [2.24, 2.45) is 0 Å². The molecule has 3 N–H and O–H groups in total. The minimum absolute atomic E-state index is 0.231. The summed E-state index contributed by atoms with van der Waals surface area (Å²) < 4.78 is 14.0. The summed E-state index contributed by atoms with van der Waals surface area (Å²) >= 11 is 0. The van der Waals surface area contributed by atoms with Crippen molar-refractivity contribution in [2.75, 3.05) is 20.4 Å². The van der Waals surface area contributed by atoms with Gasteiger partial charge < -0.3 is 29.5 Å². The fraction of sp³-hybridized carbons (Fsp3) is 1.00. The SMILES string of the molecule is CCC(OCO)(OCO)OCO. The zero-order valence-corrected chi connectivity index (χ0v) is 6.89. The van der Waals surface area contributed by atoms with Crippen LogP contribution in [0.2, 0.25) is 0 Å². The summed E-state index contributed by atoms with van der Waals surface area (Å²) in [5, 5.41) is 25.3. The van der Waals surface area contributed by atoms with Gasteiger partial charge in [-0.05, 0) is 0 Å². The van der Waals surface area contributed by atoms with E-state index in [9.17, 15) is 0 Å². The van der Waals surface area contributed by atoms with Gasteiger partial charge in [0.2, 0.25) is 0 Å². The molecule has 0 fully saturated rings. The van der Waals surface area contributed by atoms with Crippen molar-refractivity contribution in [3.05, 3.63) is 0 Å². The smallest absolute Gasteiger partial charge is 0.288 e. The molecule has 0 saturated carbocycles. The minimum atomic E-state index is -1.56. The van der Waals surface area contributed by atoms with Gasteiger partial charge in [-0.2, -0.15) is 0 Å². The number of hydrogen-bond donors (Lipinski definition) is 3. The molecule has 0 heterocycles. The summed E-state index contributed by atoms with van der Waals surface area (Å²) in [6.45, 7) is -0.198. The van der Waals surface area contributed by atoms with Gasteiger partial charge in [-0.25, -0.2) is 0 Å². The van der Waals surface area contributed by atoms with E-state index in [1.807, 2.05) is 0 Å². The van der Waals surface area contributed by atoms with Crippen LogP contribution >= 0.6 is 0 Å². The van der Waals surface area contributed by atoms with E-state index in [1.54, 1.807) is 6.92 Å². The first-order valence-electron chi connectivity index (χ1n) is 3.49. The molecule has 0 bridgehead atoms. The van der Waals surface area contributed by atoms with Crippen LogP contribution in [0.1, 0.15) is 13.3 Å². The van der Waals surface area contributed by atoms with Gasteiger partial charge in [-0.15, -0.1) is 0 Å². The molecule has 0 aliphatic rings. The van der Waals surface area contributed by atoms with Crippen LogP contribution in [0.15, 0.2) is 0 Å². The molecular weight excluding hydrogens is 168 g/mol. The molecule has 0 aliphatic heterocycles. The van der Waals surface area contributed by atoms with E-state index in [0.717, 1.165) is 0 Å². The maximum Gasteiger partial charge on any atom is 0.288 e. The van der Waals surface area contributed by atoms with Crippen LogP contribution < -0.4 is 0 Å². The molecular formula is C6H14O6. The first-order valence-corrected chi connectivity index (χ1v) is 3.49.